The molecule has 0 saturated carbocycles. The Hall–Kier alpha value is -4.54. The topological polar surface area (TPSA) is 178 Å². The van der Waals surface area contributed by atoms with Crippen molar-refractivity contribution in [2.24, 2.45) is 0 Å². The highest BCUT2D eigenvalue weighted by atomic mass is 16.4. The molecule has 2 unspecified atom stereocenters. The molecule has 5 rings (SSSR count). The Morgan fingerprint density at radius 1 is 0.651 bits per heavy atom. The summed E-state index contributed by atoms with van der Waals surface area (Å²) in [6.45, 7) is 9.25. The van der Waals surface area contributed by atoms with Gasteiger partial charge in [0, 0.05) is 68.1 Å². The summed E-state index contributed by atoms with van der Waals surface area (Å²) in [7, 11) is 0. The van der Waals surface area contributed by atoms with Crippen molar-refractivity contribution in [2.45, 2.75) is 72.5 Å². The summed E-state index contributed by atoms with van der Waals surface area (Å²) in [6, 6.07) is 1.89. The summed E-state index contributed by atoms with van der Waals surface area (Å²) in [5, 5.41) is 43.2. The largest absolute Gasteiger partial charge is 0.481 e. The van der Waals surface area contributed by atoms with Gasteiger partial charge in [-0.25, -0.2) is 0 Å². The molecular formula is C33H38N4O6. The molecule has 2 atom stereocenters. The van der Waals surface area contributed by atoms with Crippen LogP contribution < -0.4 is 21.4 Å². The first kappa shape index (κ1) is 29.9. The number of aromatic nitrogens is 4. The zero-order valence-corrected chi connectivity index (χ0v) is 25.0. The normalized spacial score (nSPS) is 13.8. The first-order chi connectivity index (χ1) is 20.3. The lowest BCUT2D eigenvalue weighted by Gasteiger charge is -2.05. The van der Waals surface area contributed by atoms with E-state index in [1.807, 2.05) is 51.1 Å². The van der Waals surface area contributed by atoms with Crippen molar-refractivity contribution in [1.82, 2.24) is 19.9 Å². The minimum absolute atomic E-state index is 0.0438. The summed E-state index contributed by atoms with van der Waals surface area (Å²) in [5.41, 5.74) is 8.84. The summed E-state index contributed by atoms with van der Waals surface area (Å²) in [6.07, 6.45) is 6.73. The number of aromatic amines is 4. The second-order valence-corrected chi connectivity index (χ2v) is 11.4. The van der Waals surface area contributed by atoms with Gasteiger partial charge in [0.2, 0.25) is 0 Å². The molecule has 0 radical (unpaired) electrons. The predicted molar refractivity (Wildman–Crippen MR) is 163 cm³/mol. The zero-order chi connectivity index (χ0) is 31.2. The fraction of sp³-hybridized carbons (Fsp3) is 0.333. The van der Waals surface area contributed by atoms with E-state index in [9.17, 15) is 30.0 Å². The Morgan fingerprint density at radius 2 is 1.23 bits per heavy atom. The van der Waals surface area contributed by atoms with E-state index in [0.717, 1.165) is 71.9 Å². The Balaban J connectivity index is 1.91. The Morgan fingerprint density at radius 3 is 1.86 bits per heavy atom. The minimum Gasteiger partial charge on any atom is -0.481 e. The van der Waals surface area contributed by atoms with Crippen LogP contribution in [0.15, 0.2) is 6.07 Å². The van der Waals surface area contributed by atoms with E-state index in [-0.39, 0.29) is 12.8 Å². The van der Waals surface area contributed by atoms with Crippen LogP contribution in [0.4, 0.5) is 0 Å². The molecule has 8 N–H and O–H groups in total. The smallest absolute Gasteiger partial charge is 0.303 e. The lowest BCUT2D eigenvalue weighted by molar-refractivity contribution is -0.138. The van der Waals surface area contributed by atoms with Gasteiger partial charge in [-0.1, -0.05) is 0 Å². The number of carboxylic acid groups (broad SMARTS) is 2. The van der Waals surface area contributed by atoms with Crippen LogP contribution in [-0.2, 0) is 22.4 Å². The minimum atomic E-state index is -0.900. The van der Waals surface area contributed by atoms with Gasteiger partial charge in [0.1, 0.15) is 0 Å². The van der Waals surface area contributed by atoms with Crippen LogP contribution in [0.25, 0.3) is 24.3 Å². The first-order valence-electron chi connectivity index (χ1n) is 14.4. The maximum atomic E-state index is 11.5. The average molecular weight is 587 g/mol. The fourth-order valence-corrected chi connectivity index (χ4v) is 6.09. The number of carboxylic acids is 2. The fourth-order valence-electron chi connectivity index (χ4n) is 6.09. The maximum absolute atomic E-state index is 11.5. The molecule has 0 aromatic carbocycles. The molecule has 4 aromatic rings. The van der Waals surface area contributed by atoms with Crippen LogP contribution in [0.1, 0.15) is 101 Å². The molecule has 4 aromatic heterocycles. The van der Waals surface area contributed by atoms with E-state index in [1.165, 1.54) is 0 Å². The highest BCUT2D eigenvalue weighted by molar-refractivity contribution is 5.70. The quantitative estimate of drug-likeness (QED) is 0.137. The van der Waals surface area contributed by atoms with Gasteiger partial charge >= 0.3 is 11.9 Å². The molecule has 226 valence electrons. The molecule has 0 aliphatic carbocycles. The van der Waals surface area contributed by atoms with Crippen molar-refractivity contribution in [2.75, 3.05) is 0 Å². The van der Waals surface area contributed by atoms with E-state index >= 15 is 0 Å². The van der Waals surface area contributed by atoms with Crippen molar-refractivity contribution in [3.05, 3.63) is 89.2 Å². The SMILES string of the molecule is Cc1c2[nH]c(c1CCC(=O)O)C=c1[nH]c(c(C)c1CCC(=O)O)=Cc1[nH]c(c(C)c1C(C)O)C=c1[nH]c(cc1C(C)O)=C2. The third kappa shape index (κ3) is 5.89. The van der Waals surface area contributed by atoms with Crippen LogP contribution in [0.5, 0.6) is 0 Å². The number of aliphatic carboxylic acids is 2. The lowest BCUT2D eigenvalue weighted by atomic mass is 10.0. The van der Waals surface area contributed by atoms with Crippen molar-refractivity contribution in [1.29, 1.82) is 0 Å². The van der Waals surface area contributed by atoms with Gasteiger partial charge in [0.15, 0.2) is 0 Å². The van der Waals surface area contributed by atoms with E-state index in [0.29, 0.717) is 24.1 Å². The van der Waals surface area contributed by atoms with Crippen LogP contribution in [-0.4, -0.2) is 52.3 Å². The summed E-state index contributed by atoms with van der Waals surface area (Å²) in [4.78, 5) is 36.9. The number of nitrogens with one attached hydrogen (secondary N) is 4. The van der Waals surface area contributed by atoms with E-state index in [2.05, 4.69) is 19.9 Å². The lowest BCUT2D eigenvalue weighted by Crippen LogP contribution is -2.14. The van der Waals surface area contributed by atoms with Crippen LogP contribution in [0, 0.1) is 20.8 Å². The molecule has 10 heteroatoms. The number of aliphatic hydroxyl groups excluding tert-OH is 2. The van der Waals surface area contributed by atoms with Gasteiger partial charge in [0.05, 0.1) is 12.2 Å². The summed E-state index contributed by atoms with van der Waals surface area (Å²) < 4.78 is 0. The average Bonchev–Trinajstić information content (AvgIpc) is 3.62. The molecule has 0 saturated heterocycles. The van der Waals surface area contributed by atoms with Crippen molar-refractivity contribution in [3.8, 4) is 0 Å². The summed E-state index contributed by atoms with van der Waals surface area (Å²) in [5.74, 6) is -1.80. The first-order valence-corrected chi connectivity index (χ1v) is 14.4. The highest BCUT2D eigenvalue weighted by Crippen LogP contribution is 2.27. The van der Waals surface area contributed by atoms with Crippen molar-refractivity contribution < 1.29 is 30.0 Å². The Labute approximate surface area is 247 Å². The Bertz CT molecular complexity index is 1980. The van der Waals surface area contributed by atoms with Gasteiger partial charge < -0.3 is 40.4 Å². The van der Waals surface area contributed by atoms with Gasteiger partial charge in [-0.3, -0.25) is 9.59 Å². The van der Waals surface area contributed by atoms with Crippen molar-refractivity contribution >= 4 is 36.2 Å². The molecule has 10 nitrogen and oxygen atoms in total. The molecule has 0 amide bonds. The molecule has 1 aliphatic heterocycles. The third-order valence-electron chi connectivity index (χ3n) is 8.38. The van der Waals surface area contributed by atoms with E-state index in [4.69, 9.17) is 0 Å². The second kappa shape index (κ2) is 11.6. The van der Waals surface area contributed by atoms with Crippen LogP contribution >= 0.6 is 0 Å². The molecule has 5 heterocycles. The molecular weight excluding hydrogens is 548 g/mol. The standard InChI is InChI=1S/C33H38N4O6/c1-15-21(6-8-31(40)41)27-14-28-22(7-9-32(42)43)16(2)25(36-28)13-30-33(19(5)39)17(3)26(37-30)12-29-23(18(4)38)10-20(34-29)11-24(15)35-27/h10-14,18-19,34-39H,6-9H2,1-5H3,(H,40,41)(H,42,43). The van der Waals surface area contributed by atoms with E-state index < -0.39 is 24.1 Å². The van der Waals surface area contributed by atoms with Crippen molar-refractivity contribution in [3.63, 3.8) is 0 Å². The van der Waals surface area contributed by atoms with Crippen LogP contribution in [0.3, 0.4) is 0 Å². The molecule has 43 heavy (non-hydrogen) atoms. The van der Waals surface area contributed by atoms with Gasteiger partial charge in [-0.05, 0) is 106 Å². The highest BCUT2D eigenvalue weighted by Gasteiger charge is 2.19. The molecule has 1 aliphatic rings. The molecule has 8 bridgehead atoms. The Kier molecular flexibility index (Phi) is 8.09. The number of hydrogen-bond acceptors (Lipinski definition) is 4. The monoisotopic (exact) mass is 586 g/mol. The third-order valence-corrected chi connectivity index (χ3v) is 8.38. The van der Waals surface area contributed by atoms with Crippen LogP contribution in [0.2, 0.25) is 0 Å². The second-order valence-electron chi connectivity index (χ2n) is 11.4. The number of H-pyrrole nitrogens is 4. The predicted octanol–water partition coefficient (Wildman–Crippen LogP) is 1.69. The number of rotatable bonds is 8. The zero-order valence-electron chi connectivity index (χ0n) is 25.0. The van der Waals surface area contributed by atoms with Gasteiger partial charge in [-0.15, -0.1) is 0 Å². The number of hydrogen-bond donors (Lipinski definition) is 8. The van der Waals surface area contributed by atoms with Gasteiger partial charge in [-0.2, -0.15) is 0 Å². The van der Waals surface area contributed by atoms with E-state index in [1.54, 1.807) is 13.8 Å². The van der Waals surface area contributed by atoms with Gasteiger partial charge in [0.25, 0.3) is 0 Å². The number of fused-ring (bicyclic) bond motifs is 8. The number of aliphatic hydroxyl groups is 2. The summed E-state index contributed by atoms with van der Waals surface area (Å²) >= 11 is 0. The number of carbonyl (C=O) groups is 2. The maximum Gasteiger partial charge on any atom is 0.303 e. The molecule has 0 fully saturated rings. The molecule has 0 spiro atoms.